The highest BCUT2D eigenvalue weighted by molar-refractivity contribution is 6.31. The van der Waals surface area contributed by atoms with E-state index in [4.69, 9.17) is 11.6 Å². The van der Waals surface area contributed by atoms with Gasteiger partial charge in [-0.2, -0.15) is 0 Å². The van der Waals surface area contributed by atoms with Crippen LogP contribution in [0.1, 0.15) is 38.7 Å². The van der Waals surface area contributed by atoms with Crippen molar-refractivity contribution in [3.63, 3.8) is 0 Å². The van der Waals surface area contributed by atoms with E-state index in [2.05, 4.69) is 31.1 Å². The molecule has 2 saturated heterocycles. The molecule has 1 N–H and O–H groups in total. The lowest BCUT2D eigenvalue weighted by Crippen LogP contribution is -2.45. The highest BCUT2D eigenvalue weighted by atomic mass is 35.5. The molecule has 0 saturated carbocycles. The van der Waals surface area contributed by atoms with Crippen molar-refractivity contribution in [3.8, 4) is 0 Å². The Balaban J connectivity index is 0.00000196. The average molecular weight is 451 g/mol. The largest absolute Gasteiger partial charge is 0.337 e. The lowest BCUT2D eigenvalue weighted by atomic mass is 9.77. The van der Waals surface area contributed by atoms with E-state index in [-0.39, 0.29) is 36.8 Å². The number of hydrogen-bond donors (Lipinski definition) is 1. The smallest absolute Gasteiger partial charge is 0.240 e. The Kier molecular flexibility index (Phi) is 10.1. The fraction of sp³-hybridized carbons (Fsp3) is 0.667. The first kappa shape index (κ1) is 25.5. The monoisotopic (exact) mass is 449 g/mol. The van der Waals surface area contributed by atoms with Crippen molar-refractivity contribution in [2.75, 3.05) is 33.2 Å². The number of hydrogen-bond acceptors (Lipinski definition) is 3. The van der Waals surface area contributed by atoms with E-state index in [1.807, 2.05) is 29.2 Å². The van der Waals surface area contributed by atoms with Crippen LogP contribution in [0.2, 0.25) is 5.02 Å². The molecule has 2 heterocycles. The second kappa shape index (κ2) is 11.0. The predicted octanol–water partition coefficient (Wildman–Crippen LogP) is 4.24. The molecule has 1 aromatic carbocycles. The first-order valence-corrected chi connectivity index (χ1v) is 10.2. The fourth-order valence-electron chi connectivity index (χ4n) is 4.58. The molecular weight excluding hydrogens is 417 g/mol. The molecule has 1 amide bonds. The van der Waals surface area contributed by atoms with Crippen LogP contribution >= 0.6 is 36.4 Å². The van der Waals surface area contributed by atoms with Crippen LogP contribution in [0.3, 0.4) is 0 Å². The van der Waals surface area contributed by atoms with Crippen molar-refractivity contribution in [2.24, 2.45) is 11.3 Å². The molecule has 28 heavy (non-hydrogen) atoms. The molecule has 1 unspecified atom stereocenters. The van der Waals surface area contributed by atoms with Crippen molar-refractivity contribution in [2.45, 2.75) is 45.7 Å². The summed E-state index contributed by atoms with van der Waals surface area (Å²) in [7, 11) is 2.11. The Morgan fingerprint density at radius 3 is 2.54 bits per heavy atom. The Morgan fingerprint density at radius 2 is 1.93 bits per heavy atom. The number of likely N-dealkylation sites (N-methyl/N-ethyl adjacent to an activating group) is 1. The maximum Gasteiger partial charge on any atom is 0.240 e. The number of amides is 1. The van der Waals surface area contributed by atoms with Gasteiger partial charge in [0.25, 0.3) is 0 Å². The van der Waals surface area contributed by atoms with E-state index in [1.54, 1.807) is 0 Å². The number of likely N-dealkylation sites (tertiary alicyclic amines) is 1. The molecule has 3 rings (SSSR count). The van der Waals surface area contributed by atoms with Gasteiger partial charge in [0.05, 0.1) is 6.04 Å². The van der Waals surface area contributed by atoms with Crippen molar-refractivity contribution < 1.29 is 4.79 Å². The van der Waals surface area contributed by atoms with Gasteiger partial charge in [-0.3, -0.25) is 9.69 Å². The van der Waals surface area contributed by atoms with Gasteiger partial charge in [0, 0.05) is 24.7 Å². The molecule has 7 heteroatoms. The van der Waals surface area contributed by atoms with Crippen molar-refractivity contribution in [1.82, 2.24) is 15.1 Å². The number of rotatable bonds is 5. The van der Waals surface area contributed by atoms with Crippen LogP contribution in [0.15, 0.2) is 24.3 Å². The van der Waals surface area contributed by atoms with Gasteiger partial charge in [0.15, 0.2) is 0 Å². The van der Waals surface area contributed by atoms with Crippen LogP contribution in [0.5, 0.6) is 0 Å². The van der Waals surface area contributed by atoms with Crippen LogP contribution in [-0.4, -0.2) is 55.0 Å². The van der Waals surface area contributed by atoms with E-state index < -0.39 is 0 Å². The van der Waals surface area contributed by atoms with Gasteiger partial charge >= 0.3 is 0 Å². The van der Waals surface area contributed by atoms with Crippen LogP contribution in [0.25, 0.3) is 0 Å². The van der Waals surface area contributed by atoms with E-state index in [0.29, 0.717) is 17.9 Å². The topological polar surface area (TPSA) is 35.6 Å². The Hall–Kier alpha value is -0.520. The van der Waals surface area contributed by atoms with E-state index in [0.717, 1.165) is 43.2 Å². The summed E-state index contributed by atoms with van der Waals surface area (Å²) in [5, 5.41) is 4.19. The number of carbonyl (C=O) groups excluding carboxylic acids is 1. The van der Waals surface area contributed by atoms with Crippen molar-refractivity contribution in [3.05, 3.63) is 34.9 Å². The van der Waals surface area contributed by atoms with Crippen LogP contribution in [0, 0.1) is 11.3 Å². The Morgan fingerprint density at radius 1 is 1.29 bits per heavy atom. The molecule has 2 fully saturated rings. The lowest BCUT2D eigenvalue weighted by Gasteiger charge is -2.33. The quantitative estimate of drug-likeness (QED) is 0.728. The second-order valence-electron chi connectivity index (χ2n) is 8.59. The number of halogens is 3. The third kappa shape index (κ3) is 5.99. The highest BCUT2D eigenvalue weighted by Gasteiger charge is 2.46. The summed E-state index contributed by atoms with van der Waals surface area (Å²) >= 11 is 6.36. The Bertz CT molecular complexity index is 635. The molecule has 0 radical (unpaired) electrons. The number of carbonyl (C=O) groups is 1. The van der Waals surface area contributed by atoms with Crippen molar-refractivity contribution in [1.29, 1.82) is 0 Å². The third-order valence-electron chi connectivity index (χ3n) is 5.91. The summed E-state index contributed by atoms with van der Waals surface area (Å²) in [6.45, 7) is 8.87. The molecule has 160 valence electrons. The van der Waals surface area contributed by atoms with E-state index in [9.17, 15) is 4.79 Å². The van der Waals surface area contributed by atoms with E-state index >= 15 is 0 Å². The minimum absolute atomic E-state index is 0. The lowest BCUT2D eigenvalue weighted by molar-refractivity contribution is -0.136. The zero-order chi connectivity index (χ0) is 18.7. The molecule has 0 bridgehead atoms. The summed E-state index contributed by atoms with van der Waals surface area (Å²) in [4.78, 5) is 17.8. The van der Waals surface area contributed by atoms with Gasteiger partial charge in [-0.25, -0.2) is 0 Å². The molecular formula is C21H34Cl3N3O. The maximum absolute atomic E-state index is 13.5. The minimum Gasteiger partial charge on any atom is -0.337 e. The first-order chi connectivity index (χ1) is 12.4. The highest BCUT2D eigenvalue weighted by Crippen LogP contribution is 2.41. The van der Waals surface area contributed by atoms with Gasteiger partial charge < -0.3 is 10.2 Å². The first-order valence-electron chi connectivity index (χ1n) is 9.83. The van der Waals surface area contributed by atoms with Gasteiger partial charge in [0.1, 0.15) is 0 Å². The summed E-state index contributed by atoms with van der Waals surface area (Å²) < 4.78 is 0. The van der Waals surface area contributed by atoms with Crippen molar-refractivity contribution >= 4 is 42.3 Å². The average Bonchev–Trinajstić information content (AvgIpc) is 2.91. The molecule has 4 nitrogen and oxygen atoms in total. The standard InChI is InChI=1S/C21H32ClN3O.2ClH/c1-16(2)13-25(14-17-6-4-5-7-18(17)22)20(26)19-12-21(15-24(19)3)8-10-23-11-9-21;;/h4-7,16,19,23H,8-15H2,1-3H3;2*1H. The second-order valence-corrected chi connectivity index (χ2v) is 9.00. The SMILES string of the molecule is CC(C)CN(Cc1ccccc1Cl)C(=O)C1CC2(CCNCC2)CN1C.Cl.Cl. The number of nitrogens with zero attached hydrogens (tertiary/aromatic N) is 2. The molecule has 1 atom stereocenters. The normalized spacial score (nSPS) is 21.2. The minimum atomic E-state index is -0.00524. The fourth-order valence-corrected chi connectivity index (χ4v) is 4.78. The van der Waals surface area contributed by atoms with E-state index in [1.165, 1.54) is 12.8 Å². The summed E-state index contributed by atoms with van der Waals surface area (Å²) in [6.07, 6.45) is 3.34. The summed E-state index contributed by atoms with van der Waals surface area (Å²) in [6, 6.07) is 7.85. The number of nitrogens with one attached hydrogen (secondary N) is 1. The zero-order valence-corrected chi connectivity index (χ0v) is 19.5. The summed E-state index contributed by atoms with van der Waals surface area (Å²) in [5.41, 5.74) is 1.34. The van der Waals surface area contributed by atoms with Gasteiger partial charge in [-0.05, 0) is 62.4 Å². The third-order valence-corrected chi connectivity index (χ3v) is 6.28. The zero-order valence-electron chi connectivity index (χ0n) is 17.1. The molecule has 1 spiro atoms. The molecule has 2 aliphatic heterocycles. The predicted molar refractivity (Wildman–Crippen MR) is 122 cm³/mol. The molecule has 1 aromatic rings. The van der Waals surface area contributed by atoms with Crippen LogP contribution < -0.4 is 5.32 Å². The van der Waals surface area contributed by atoms with Gasteiger partial charge in [-0.1, -0.05) is 43.6 Å². The number of piperidine rings is 1. The van der Waals surface area contributed by atoms with Crippen LogP contribution in [-0.2, 0) is 11.3 Å². The number of benzene rings is 1. The summed E-state index contributed by atoms with van der Waals surface area (Å²) in [5.74, 6) is 0.692. The maximum atomic E-state index is 13.5. The molecule has 0 aliphatic carbocycles. The van der Waals surface area contributed by atoms with Crippen LogP contribution in [0.4, 0.5) is 0 Å². The van der Waals surface area contributed by atoms with Gasteiger partial charge in [-0.15, -0.1) is 24.8 Å². The Labute approximate surface area is 187 Å². The van der Waals surface area contributed by atoms with Gasteiger partial charge in [0.2, 0.25) is 5.91 Å². The molecule has 2 aliphatic rings. The molecule has 0 aromatic heterocycles.